The standard InChI is InChI=1S/C15H19N3O2S/c1-10-16-17-15(19-10)6-12-5-11-7-18(9-14(11)20-12)8-13-3-2-4-21-13/h2-4,11-12,14H,5-9H2,1H3/t11-,12+,14+/m1/s1. The molecule has 0 N–H and O–H groups in total. The molecule has 6 heteroatoms. The first-order chi connectivity index (χ1) is 10.3. The quantitative estimate of drug-likeness (QED) is 0.867. The molecule has 2 aromatic rings. The monoisotopic (exact) mass is 305 g/mol. The average molecular weight is 305 g/mol. The molecule has 3 atom stereocenters. The Morgan fingerprint density at radius 2 is 2.33 bits per heavy atom. The third kappa shape index (κ3) is 2.88. The highest BCUT2D eigenvalue weighted by Crippen LogP contribution is 2.35. The fourth-order valence-corrected chi connectivity index (χ4v) is 4.19. The third-order valence-corrected chi connectivity index (χ3v) is 5.18. The minimum atomic E-state index is 0.240. The molecule has 0 saturated carbocycles. The van der Waals surface area contributed by atoms with Crippen LogP contribution in [0.5, 0.6) is 0 Å². The molecule has 2 aromatic heterocycles. The summed E-state index contributed by atoms with van der Waals surface area (Å²) in [6.07, 6.45) is 2.47. The maximum Gasteiger partial charge on any atom is 0.219 e. The minimum Gasteiger partial charge on any atom is -0.426 e. The molecule has 0 aromatic carbocycles. The Bertz CT molecular complexity index is 584. The summed E-state index contributed by atoms with van der Waals surface area (Å²) in [5.74, 6) is 1.98. The smallest absolute Gasteiger partial charge is 0.219 e. The average Bonchev–Trinajstić information content (AvgIpc) is 3.16. The molecule has 2 aliphatic rings. The molecule has 4 heterocycles. The van der Waals surface area contributed by atoms with Crippen LogP contribution in [0.2, 0.25) is 0 Å². The zero-order chi connectivity index (χ0) is 14.2. The van der Waals surface area contributed by atoms with Crippen LogP contribution >= 0.6 is 11.3 Å². The van der Waals surface area contributed by atoms with E-state index in [4.69, 9.17) is 9.15 Å². The fraction of sp³-hybridized carbons (Fsp3) is 0.600. The van der Waals surface area contributed by atoms with E-state index in [0.29, 0.717) is 23.8 Å². The lowest BCUT2D eigenvalue weighted by atomic mass is 10.0. The van der Waals surface area contributed by atoms with Crippen LogP contribution in [0.3, 0.4) is 0 Å². The number of hydrogen-bond donors (Lipinski definition) is 0. The van der Waals surface area contributed by atoms with E-state index >= 15 is 0 Å². The predicted molar refractivity (Wildman–Crippen MR) is 79.1 cm³/mol. The molecule has 0 aliphatic carbocycles. The summed E-state index contributed by atoms with van der Waals surface area (Å²) >= 11 is 1.83. The van der Waals surface area contributed by atoms with Gasteiger partial charge in [-0.25, -0.2) is 0 Å². The van der Waals surface area contributed by atoms with E-state index in [9.17, 15) is 0 Å². The van der Waals surface area contributed by atoms with Gasteiger partial charge in [0.1, 0.15) is 0 Å². The second-order valence-corrected chi connectivity index (χ2v) is 7.02. The molecule has 5 nitrogen and oxygen atoms in total. The molecule has 0 radical (unpaired) electrons. The predicted octanol–water partition coefficient (Wildman–Crippen LogP) is 2.27. The number of hydrogen-bond acceptors (Lipinski definition) is 6. The Morgan fingerprint density at radius 1 is 1.38 bits per heavy atom. The summed E-state index contributed by atoms with van der Waals surface area (Å²) in [5, 5.41) is 10.1. The van der Waals surface area contributed by atoms with Gasteiger partial charge in [-0.15, -0.1) is 21.5 Å². The van der Waals surface area contributed by atoms with Crippen LogP contribution in [0.25, 0.3) is 0 Å². The zero-order valence-corrected chi connectivity index (χ0v) is 12.9. The van der Waals surface area contributed by atoms with Crippen LogP contribution in [0, 0.1) is 12.8 Å². The summed E-state index contributed by atoms with van der Waals surface area (Å²) in [5.41, 5.74) is 0. The number of aromatic nitrogens is 2. The topological polar surface area (TPSA) is 51.4 Å². The van der Waals surface area contributed by atoms with Crippen molar-refractivity contribution in [2.45, 2.75) is 38.5 Å². The maximum absolute atomic E-state index is 6.18. The van der Waals surface area contributed by atoms with Gasteiger partial charge in [0.15, 0.2) is 0 Å². The summed E-state index contributed by atoms with van der Waals surface area (Å²) < 4.78 is 11.6. The molecule has 2 fully saturated rings. The molecular weight excluding hydrogens is 286 g/mol. The third-order valence-electron chi connectivity index (χ3n) is 4.32. The number of thiophene rings is 1. The first kappa shape index (κ1) is 13.4. The van der Waals surface area contributed by atoms with Crippen molar-refractivity contribution in [3.8, 4) is 0 Å². The largest absolute Gasteiger partial charge is 0.426 e. The highest BCUT2D eigenvalue weighted by atomic mass is 32.1. The van der Waals surface area contributed by atoms with Gasteiger partial charge in [0.05, 0.1) is 18.6 Å². The van der Waals surface area contributed by atoms with Crippen LogP contribution in [0.1, 0.15) is 23.1 Å². The summed E-state index contributed by atoms with van der Waals surface area (Å²) in [6.45, 7) is 5.06. The Hall–Kier alpha value is -1.24. The van der Waals surface area contributed by atoms with Crippen LogP contribution in [-0.2, 0) is 17.7 Å². The second-order valence-electron chi connectivity index (χ2n) is 5.98. The molecule has 112 valence electrons. The van der Waals surface area contributed by atoms with E-state index < -0.39 is 0 Å². The number of nitrogens with zero attached hydrogens (tertiary/aromatic N) is 3. The fourth-order valence-electron chi connectivity index (χ4n) is 3.45. The molecule has 0 unspecified atom stereocenters. The number of ether oxygens (including phenoxy) is 1. The lowest BCUT2D eigenvalue weighted by molar-refractivity contribution is 0.0350. The normalized spacial score (nSPS) is 29.1. The first-order valence-electron chi connectivity index (χ1n) is 7.45. The van der Waals surface area contributed by atoms with E-state index in [1.807, 2.05) is 18.3 Å². The molecule has 2 saturated heterocycles. The molecule has 2 aliphatic heterocycles. The highest BCUT2D eigenvalue weighted by molar-refractivity contribution is 7.09. The Balaban J connectivity index is 1.31. The van der Waals surface area contributed by atoms with Gasteiger partial charge in [0, 0.05) is 37.4 Å². The van der Waals surface area contributed by atoms with Crippen molar-refractivity contribution in [2.24, 2.45) is 5.92 Å². The van der Waals surface area contributed by atoms with Crippen LogP contribution < -0.4 is 0 Å². The van der Waals surface area contributed by atoms with Crippen molar-refractivity contribution < 1.29 is 9.15 Å². The van der Waals surface area contributed by atoms with E-state index in [0.717, 1.165) is 32.5 Å². The number of likely N-dealkylation sites (tertiary alicyclic amines) is 1. The van der Waals surface area contributed by atoms with Crippen molar-refractivity contribution in [3.63, 3.8) is 0 Å². The minimum absolute atomic E-state index is 0.240. The van der Waals surface area contributed by atoms with E-state index in [1.54, 1.807) is 0 Å². The van der Waals surface area contributed by atoms with Crippen molar-refractivity contribution in [1.29, 1.82) is 0 Å². The van der Waals surface area contributed by atoms with E-state index in [2.05, 4.69) is 32.6 Å². The van der Waals surface area contributed by atoms with Crippen molar-refractivity contribution in [1.82, 2.24) is 15.1 Å². The van der Waals surface area contributed by atoms with Crippen molar-refractivity contribution in [2.75, 3.05) is 13.1 Å². The zero-order valence-electron chi connectivity index (χ0n) is 12.1. The number of fused-ring (bicyclic) bond motifs is 1. The van der Waals surface area contributed by atoms with Gasteiger partial charge in [0.2, 0.25) is 11.8 Å². The number of rotatable bonds is 4. The molecule has 0 spiro atoms. The van der Waals surface area contributed by atoms with Crippen LogP contribution in [-0.4, -0.2) is 40.4 Å². The van der Waals surface area contributed by atoms with Crippen molar-refractivity contribution in [3.05, 3.63) is 34.2 Å². The summed E-state index contributed by atoms with van der Waals surface area (Å²) in [4.78, 5) is 3.95. The highest BCUT2D eigenvalue weighted by Gasteiger charge is 2.42. The SMILES string of the molecule is Cc1nnc(C[C@@H]2C[C@@H]3CN(Cc4cccs4)C[C@@H]3O2)o1. The first-order valence-corrected chi connectivity index (χ1v) is 8.33. The Morgan fingerprint density at radius 3 is 3.05 bits per heavy atom. The lowest BCUT2D eigenvalue weighted by Crippen LogP contribution is -2.25. The number of aryl methyl sites for hydroxylation is 1. The Kier molecular flexibility index (Phi) is 3.52. The molecule has 0 bridgehead atoms. The van der Waals surface area contributed by atoms with E-state index in [-0.39, 0.29) is 6.10 Å². The van der Waals surface area contributed by atoms with Gasteiger partial charge in [-0.2, -0.15) is 0 Å². The van der Waals surface area contributed by atoms with Gasteiger partial charge >= 0.3 is 0 Å². The Labute approximate surface area is 127 Å². The van der Waals surface area contributed by atoms with Gasteiger partial charge in [0.25, 0.3) is 0 Å². The molecule has 21 heavy (non-hydrogen) atoms. The summed E-state index contributed by atoms with van der Waals surface area (Å²) in [6, 6.07) is 4.33. The van der Waals surface area contributed by atoms with Gasteiger partial charge in [-0.1, -0.05) is 6.07 Å². The maximum atomic E-state index is 6.18. The van der Waals surface area contributed by atoms with Crippen LogP contribution in [0.4, 0.5) is 0 Å². The summed E-state index contributed by atoms with van der Waals surface area (Å²) in [7, 11) is 0. The van der Waals surface area contributed by atoms with Gasteiger partial charge in [-0.05, 0) is 17.9 Å². The molecular formula is C15H19N3O2S. The van der Waals surface area contributed by atoms with E-state index in [1.165, 1.54) is 4.88 Å². The lowest BCUT2D eigenvalue weighted by Gasteiger charge is -2.17. The second kappa shape index (κ2) is 5.51. The molecule has 0 amide bonds. The van der Waals surface area contributed by atoms with Gasteiger partial charge in [-0.3, -0.25) is 4.90 Å². The van der Waals surface area contributed by atoms with Crippen molar-refractivity contribution >= 4 is 11.3 Å². The molecule has 4 rings (SSSR count). The van der Waals surface area contributed by atoms with Crippen LogP contribution in [0.15, 0.2) is 21.9 Å². The van der Waals surface area contributed by atoms with Gasteiger partial charge < -0.3 is 9.15 Å².